The molecule has 0 saturated carbocycles. The minimum Gasteiger partial charge on any atom is -0.385 e. The highest BCUT2D eigenvalue weighted by molar-refractivity contribution is 9.10. The van der Waals surface area contributed by atoms with Gasteiger partial charge in [-0.25, -0.2) is 0 Å². The van der Waals surface area contributed by atoms with Crippen molar-refractivity contribution < 1.29 is 9.53 Å². The van der Waals surface area contributed by atoms with Gasteiger partial charge < -0.3 is 15.0 Å². The SMILES string of the molecule is COCCC(Cc1cccc(Br)c1)C(=O)N1CCNCC1. The molecule has 0 radical (unpaired) electrons. The summed E-state index contributed by atoms with van der Waals surface area (Å²) in [6.07, 6.45) is 1.54. The van der Waals surface area contributed by atoms with Crippen LogP contribution in [0, 0.1) is 5.92 Å². The van der Waals surface area contributed by atoms with Crippen LogP contribution in [-0.2, 0) is 16.0 Å². The van der Waals surface area contributed by atoms with Crippen molar-refractivity contribution >= 4 is 21.8 Å². The lowest BCUT2D eigenvalue weighted by atomic mass is 9.94. The van der Waals surface area contributed by atoms with Crippen LogP contribution in [0.4, 0.5) is 0 Å². The van der Waals surface area contributed by atoms with Crippen LogP contribution in [0.5, 0.6) is 0 Å². The summed E-state index contributed by atoms with van der Waals surface area (Å²) >= 11 is 3.49. The molecule has 0 aliphatic carbocycles. The van der Waals surface area contributed by atoms with Crippen LogP contribution in [0.1, 0.15) is 12.0 Å². The van der Waals surface area contributed by atoms with Gasteiger partial charge in [-0.1, -0.05) is 28.1 Å². The zero-order chi connectivity index (χ0) is 15.1. The fraction of sp³-hybridized carbons (Fsp3) is 0.562. The minimum atomic E-state index is -0.00245. The van der Waals surface area contributed by atoms with Crippen molar-refractivity contribution in [3.05, 3.63) is 34.3 Å². The van der Waals surface area contributed by atoms with Crippen LogP contribution < -0.4 is 5.32 Å². The van der Waals surface area contributed by atoms with Crippen molar-refractivity contribution in [2.45, 2.75) is 12.8 Å². The number of halogens is 1. The van der Waals surface area contributed by atoms with Gasteiger partial charge in [0.2, 0.25) is 5.91 Å². The van der Waals surface area contributed by atoms with Gasteiger partial charge in [-0.05, 0) is 30.5 Å². The first kappa shape index (κ1) is 16.5. The van der Waals surface area contributed by atoms with Crippen molar-refractivity contribution in [2.75, 3.05) is 39.9 Å². The van der Waals surface area contributed by atoms with Gasteiger partial charge in [0.1, 0.15) is 0 Å². The molecule has 116 valence electrons. The summed E-state index contributed by atoms with van der Waals surface area (Å²) < 4.78 is 6.23. The second-order valence-electron chi connectivity index (χ2n) is 5.39. The molecular formula is C16H23BrN2O2. The highest BCUT2D eigenvalue weighted by atomic mass is 79.9. The Bertz CT molecular complexity index is 461. The second-order valence-corrected chi connectivity index (χ2v) is 6.30. The van der Waals surface area contributed by atoms with E-state index in [4.69, 9.17) is 4.74 Å². The van der Waals surface area contributed by atoms with E-state index < -0.39 is 0 Å². The molecule has 1 aliphatic heterocycles. The normalized spacial score (nSPS) is 16.8. The third kappa shape index (κ3) is 5.09. The number of hydrogen-bond donors (Lipinski definition) is 1. The molecule has 0 bridgehead atoms. The van der Waals surface area contributed by atoms with Gasteiger partial charge in [-0.3, -0.25) is 4.79 Å². The third-order valence-electron chi connectivity index (χ3n) is 3.82. The Kier molecular flexibility index (Phi) is 6.67. The van der Waals surface area contributed by atoms with Crippen LogP contribution >= 0.6 is 15.9 Å². The van der Waals surface area contributed by atoms with E-state index in [1.54, 1.807) is 7.11 Å². The molecule has 1 unspecified atom stereocenters. The molecule has 0 spiro atoms. The maximum Gasteiger partial charge on any atom is 0.226 e. The number of nitrogens with zero attached hydrogens (tertiary/aromatic N) is 1. The predicted molar refractivity (Wildman–Crippen MR) is 87.3 cm³/mol. The topological polar surface area (TPSA) is 41.6 Å². The number of carbonyl (C=O) groups is 1. The Labute approximate surface area is 135 Å². The number of carbonyl (C=O) groups excluding carboxylic acids is 1. The maximum atomic E-state index is 12.7. The zero-order valence-corrected chi connectivity index (χ0v) is 14.1. The van der Waals surface area contributed by atoms with Crippen molar-refractivity contribution in [1.29, 1.82) is 0 Å². The molecule has 1 aromatic carbocycles. The van der Waals surface area contributed by atoms with E-state index in [1.165, 1.54) is 5.56 Å². The smallest absolute Gasteiger partial charge is 0.226 e. The molecule has 1 amide bonds. The lowest BCUT2D eigenvalue weighted by Gasteiger charge is -2.31. The third-order valence-corrected chi connectivity index (χ3v) is 4.31. The lowest BCUT2D eigenvalue weighted by molar-refractivity contribution is -0.136. The van der Waals surface area contributed by atoms with Crippen LogP contribution in [0.3, 0.4) is 0 Å². The number of nitrogens with one attached hydrogen (secondary N) is 1. The summed E-state index contributed by atoms with van der Waals surface area (Å²) in [7, 11) is 1.69. The Morgan fingerprint density at radius 3 is 2.86 bits per heavy atom. The molecule has 1 atom stereocenters. The Balaban J connectivity index is 2.03. The monoisotopic (exact) mass is 354 g/mol. The van der Waals surface area contributed by atoms with E-state index in [0.29, 0.717) is 6.61 Å². The molecule has 21 heavy (non-hydrogen) atoms. The maximum absolute atomic E-state index is 12.7. The largest absolute Gasteiger partial charge is 0.385 e. The van der Waals surface area contributed by atoms with Crippen LogP contribution in [0.15, 0.2) is 28.7 Å². The molecule has 2 rings (SSSR count). The van der Waals surface area contributed by atoms with Gasteiger partial charge in [-0.2, -0.15) is 0 Å². The van der Waals surface area contributed by atoms with Gasteiger partial charge in [0.15, 0.2) is 0 Å². The molecule has 1 saturated heterocycles. The first-order valence-electron chi connectivity index (χ1n) is 7.43. The van der Waals surface area contributed by atoms with E-state index in [1.807, 2.05) is 17.0 Å². The fourth-order valence-electron chi connectivity index (χ4n) is 2.66. The fourth-order valence-corrected chi connectivity index (χ4v) is 3.11. The van der Waals surface area contributed by atoms with Gasteiger partial charge in [0, 0.05) is 50.3 Å². The molecule has 0 aromatic heterocycles. The number of methoxy groups -OCH3 is 1. The van der Waals surface area contributed by atoms with Gasteiger partial charge in [0.05, 0.1) is 0 Å². The highest BCUT2D eigenvalue weighted by Gasteiger charge is 2.25. The molecule has 1 heterocycles. The molecule has 1 aromatic rings. The predicted octanol–water partition coefficient (Wildman–Crippen LogP) is 2.08. The molecular weight excluding hydrogens is 332 g/mol. The molecule has 1 N–H and O–H groups in total. The summed E-state index contributed by atoms with van der Waals surface area (Å²) in [5.74, 6) is 0.255. The van der Waals surface area contributed by atoms with Crippen LogP contribution in [0.2, 0.25) is 0 Å². The Hall–Kier alpha value is -0.910. The quantitative estimate of drug-likeness (QED) is 0.850. The standard InChI is InChI=1S/C16H23BrN2O2/c1-21-10-5-14(11-13-3-2-4-15(17)12-13)16(20)19-8-6-18-7-9-19/h2-4,12,14,18H,5-11H2,1H3. The molecule has 1 aliphatic rings. The van der Waals surface area contributed by atoms with Gasteiger partial charge in [0.25, 0.3) is 0 Å². The lowest BCUT2D eigenvalue weighted by Crippen LogP contribution is -2.48. The average Bonchev–Trinajstić information content (AvgIpc) is 2.51. The first-order valence-corrected chi connectivity index (χ1v) is 8.23. The molecule has 5 heteroatoms. The van der Waals surface area contributed by atoms with E-state index in [-0.39, 0.29) is 11.8 Å². The number of piperazine rings is 1. The second kappa shape index (κ2) is 8.51. The van der Waals surface area contributed by atoms with Gasteiger partial charge in [-0.15, -0.1) is 0 Å². The summed E-state index contributed by atoms with van der Waals surface area (Å²) in [6.45, 7) is 4.01. The van der Waals surface area contributed by atoms with Gasteiger partial charge >= 0.3 is 0 Å². The van der Waals surface area contributed by atoms with E-state index >= 15 is 0 Å². The molecule has 1 fully saturated rings. The van der Waals surface area contributed by atoms with Crippen molar-refractivity contribution in [2.24, 2.45) is 5.92 Å². The van der Waals surface area contributed by atoms with Crippen molar-refractivity contribution in [3.8, 4) is 0 Å². The summed E-state index contributed by atoms with van der Waals surface area (Å²) in [6, 6.07) is 8.19. The van der Waals surface area contributed by atoms with Crippen molar-refractivity contribution in [3.63, 3.8) is 0 Å². The van der Waals surface area contributed by atoms with E-state index in [2.05, 4.69) is 33.4 Å². The average molecular weight is 355 g/mol. The first-order chi connectivity index (χ1) is 10.2. The minimum absolute atomic E-state index is 0.00245. The summed E-state index contributed by atoms with van der Waals surface area (Å²) in [5.41, 5.74) is 1.19. The van der Waals surface area contributed by atoms with Crippen molar-refractivity contribution in [1.82, 2.24) is 10.2 Å². The highest BCUT2D eigenvalue weighted by Crippen LogP contribution is 2.19. The number of amides is 1. The van der Waals surface area contributed by atoms with Crippen LogP contribution in [0.25, 0.3) is 0 Å². The number of ether oxygens (including phenoxy) is 1. The van der Waals surface area contributed by atoms with Crippen LogP contribution in [-0.4, -0.2) is 50.7 Å². The van der Waals surface area contributed by atoms with E-state index in [9.17, 15) is 4.79 Å². The summed E-state index contributed by atoms with van der Waals surface area (Å²) in [4.78, 5) is 14.7. The summed E-state index contributed by atoms with van der Waals surface area (Å²) in [5, 5.41) is 3.28. The number of rotatable bonds is 6. The number of benzene rings is 1. The Morgan fingerprint density at radius 1 is 1.43 bits per heavy atom. The zero-order valence-electron chi connectivity index (χ0n) is 12.5. The molecule has 4 nitrogen and oxygen atoms in total. The van der Waals surface area contributed by atoms with E-state index in [0.717, 1.165) is 43.5 Å². The number of hydrogen-bond acceptors (Lipinski definition) is 3. The Morgan fingerprint density at radius 2 is 2.19 bits per heavy atom.